The summed E-state index contributed by atoms with van der Waals surface area (Å²) < 4.78 is 0. The van der Waals surface area contributed by atoms with Crippen molar-refractivity contribution in [3.8, 4) is 0 Å². The van der Waals surface area contributed by atoms with Gasteiger partial charge in [0.25, 0.3) is 0 Å². The Balaban J connectivity index is 3.16. The van der Waals surface area contributed by atoms with Crippen molar-refractivity contribution in [3.05, 3.63) is 10.5 Å². The van der Waals surface area contributed by atoms with Gasteiger partial charge in [-0.25, -0.2) is 0 Å². The summed E-state index contributed by atoms with van der Waals surface area (Å²) in [6.45, 7) is 12.6. The van der Waals surface area contributed by atoms with Gasteiger partial charge in [-0.1, -0.05) is 32.5 Å². The van der Waals surface area contributed by atoms with E-state index >= 15 is 0 Å². The summed E-state index contributed by atoms with van der Waals surface area (Å²) >= 11 is 1.43. The summed E-state index contributed by atoms with van der Waals surface area (Å²) in [5, 5.41) is 0.287. The summed E-state index contributed by atoms with van der Waals surface area (Å²) in [4.78, 5) is 12.9. The third-order valence-corrected chi connectivity index (χ3v) is 4.48. The van der Waals surface area contributed by atoms with Crippen molar-refractivity contribution in [2.45, 2.75) is 41.5 Å². The van der Waals surface area contributed by atoms with E-state index in [4.69, 9.17) is 0 Å². The molecule has 1 heterocycles. The number of rotatable bonds is 0. The monoisotopic (exact) mass is 198 g/mol. The molecule has 0 amide bonds. The maximum atomic E-state index is 11.7. The van der Waals surface area contributed by atoms with Crippen molar-refractivity contribution in [3.63, 3.8) is 0 Å². The molecule has 0 aromatic carbocycles. The van der Waals surface area contributed by atoms with Crippen LogP contribution >= 0.6 is 11.8 Å². The average molecular weight is 198 g/mol. The van der Waals surface area contributed by atoms with Crippen LogP contribution in [0.3, 0.4) is 0 Å². The van der Waals surface area contributed by atoms with Crippen LogP contribution in [0.2, 0.25) is 0 Å². The molecule has 13 heavy (non-hydrogen) atoms. The van der Waals surface area contributed by atoms with Gasteiger partial charge in [-0.2, -0.15) is 0 Å². The molecule has 0 radical (unpaired) electrons. The first-order valence-electron chi connectivity index (χ1n) is 4.61. The molecule has 1 aliphatic rings. The number of carbonyl (C=O) groups is 1. The number of hydrogen-bond acceptors (Lipinski definition) is 2. The van der Waals surface area contributed by atoms with E-state index in [1.807, 2.05) is 13.8 Å². The molecule has 0 unspecified atom stereocenters. The summed E-state index contributed by atoms with van der Waals surface area (Å²) in [5.74, 6) is 0. The second kappa shape index (κ2) is 2.88. The summed E-state index contributed by atoms with van der Waals surface area (Å²) in [6.07, 6.45) is 0. The SMILES string of the molecule is CC1=C(C(C)(C)C)SC(=O)C1(C)C. The Morgan fingerprint density at radius 1 is 1.23 bits per heavy atom. The minimum atomic E-state index is -0.257. The van der Waals surface area contributed by atoms with Crippen molar-refractivity contribution in [2.24, 2.45) is 10.8 Å². The molecule has 0 saturated heterocycles. The van der Waals surface area contributed by atoms with E-state index in [1.54, 1.807) is 0 Å². The minimum Gasteiger partial charge on any atom is -0.286 e. The van der Waals surface area contributed by atoms with E-state index in [2.05, 4.69) is 27.7 Å². The summed E-state index contributed by atoms with van der Waals surface area (Å²) in [5.41, 5.74) is 1.10. The Kier molecular flexibility index (Phi) is 2.40. The van der Waals surface area contributed by atoms with Crippen LogP contribution in [0.4, 0.5) is 0 Å². The smallest absolute Gasteiger partial charge is 0.203 e. The van der Waals surface area contributed by atoms with Gasteiger partial charge < -0.3 is 0 Å². The molecule has 1 aliphatic heterocycles. The zero-order chi connectivity index (χ0) is 10.4. The van der Waals surface area contributed by atoms with Gasteiger partial charge in [0.05, 0.1) is 5.41 Å². The first-order valence-corrected chi connectivity index (χ1v) is 5.43. The molecule has 0 aliphatic carbocycles. The molecule has 0 fully saturated rings. The largest absolute Gasteiger partial charge is 0.286 e. The predicted octanol–water partition coefficient (Wildman–Crippen LogP) is 3.61. The molecule has 0 bridgehead atoms. The Morgan fingerprint density at radius 3 is 1.85 bits per heavy atom. The van der Waals surface area contributed by atoms with E-state index in [0.29, 0.717) is 0 Å². The molecular weight excluding hydrogens is 180 g/mol. The lowest BCUT2D eigenvalue weighted by molar-refractivity contribution is -0.116. The maximum Gasteiger partial charge on any atom is 0.203 e. The third-order valence-electron chi connectivity index (χ3n) is 2.66. The van der Waals surface area contributed by atoms with Crippen molar-refractivity contribution in [2.75, 3.05) is 0 Å². The Bertz CT molecular complexity index is 279. The second-order valence-corrected chi connectivity index (χ2v) is 6.20. The molecule has 0 aromatic heterocycles. The van der Waals surface area contributed by atoms with Crippen LogP contribution in [0, 0.1) is 10.8 Å². The van der Waals surface area contributed by atoms with Gasteiger partial charge in [0.1, 0.15) is 0 Å². The fraction of sp³-hybridized carbons (Fsp3) is 0.727. The quantitative estimate of drug-likeness (QED) is 0.591. The number of hydrogen-bond donors (Lipinski definition) is 0. The molecule has 0 aromatic rings. The first kappa shape index (κ1) is 10.8. The minimum absolute atomic E-state index is 0.109. The van der Waals surface area contributed by atoms with Crippen molar-refractivity contribution >= 4 is 16.9 Å². The molecular formula is C11H18OS. The summed E-state index contributed by atoms with van der Waals surface area (Å²) in [6, 6.07) is 0. The normalized spacial score (nSPS) is 22.8. The van der Waals surface area contributed by atoms with Crippen LogP contribution in [-0.2, 0) is 4.79 Å². The molecule has 74 valence electrons. The first-order chi connectivity index (χ1) is 5.67. The molecule has 0 saturated carbocycles. The zero-order valence-corrected chi connectivity index (χ0v) is 10.1. The van der Waals surface area contributed by atoms with Crippen molar-refractivity contribution in [1.29, 1.82) is 0 Å². The zero-order valence-electron chi connectivity index (χ0n) is 9.32. The standard InChI is InChI=1S/C11H18OS/c1-7-8(10(2,3)4)13-9(12)11(7,5)6/h1-6H3. The van der Waals surface area contributed by atoms with E-state index in [0.717, 1.165) is 0 Å². The molecule has 1 rings (SSSR count). The Labute approximate surface area is 85.0 Å². The number of allylic oxidation sites excluding steroid dienone is 2. The van der Waals surface area contributed by atoms with Gasteiger partial charge >= 0.3 is 0 Å². The van der Waals surface area contributed by atoms with Crippen LogP contribution < -0.4 is 0 Å². The lowest BCUT2D eigenvalue weighted by Crippen LogP contribution is -2.18. The fourth-order valence-corrected chi connectivity index (χ4v) is 2.76. The highest BCUT2D eigenvalue weighted by Gasteiger charge is 2.42. The van der Waals surface area contributed by atoms with E-state index in [-0.39, 0.29) is 15.9 Å². The van der Waals surface area contributed by atoms with Crippen molar-refractivity contribution < 1.29 is 4.79 Å². The van der Waals surface area contributed by atoms with Crippen LogP contribution in [0.5, 0.6) is 0 Å². The van der Waals surface area contributed by atoms with Gasteiger partial charge in [0.15, 0.2) is 0 Å². The third kappa shape index (κ3) is 1.69. The molecule has 0 atom stereocenters. The molecule has 1 nitrogen and oxygen atoms in total. The highest BCUT2D eigenvalue weighted by Crippen LogP contribution is 2.51. The topological polar surface area (TPSA) is 17.1 Å². The van der Waals surface area contributed by atoms with E-state index < -0.39 is 0 Å². The van der Waals surface area contributed by atoms with Gasteiger partial charge in [0, 0.05) is 0 Å². The predicted molar refractivity (Wildman–Crippen MR) is 58.5 cm³/mol. The van der Waals surface area contributed by atoms with E-state index in [1.165, 1.54) is 22.2 Å². The van der Waals surface area contributed by atoms with Crippen LogP contribution in [0.25, 0.3) is 0 Å². The Morgan fingerprint density at radius 2 is 1.69 bits per heavy atom. The van der Waals surface area contributed by atoms with Crippen LogP contribution in [-0.4, -0.2) is 5.12 Å². The fourth-order valence-electron chi connectivity index (χ4n) is 1.45. The maximum absolute atomic E-state index is 11.7. The van der Waals surface area contributed by atoms with Gasteiger partial charge in [-0.3, -0.25) is 4.79 Å². The lowest BCUT2D eigenvalue weighted by atomic mass is 9.82. The van der Waals surface area contributed by atoms with Crippen molar-refractivity contribution in [1.82, 2.24) is 0 Å². The highest BCUT2D eigenvalue weighted by molar-refractivity contribution is 8.17. The van der Waals surface area contributed by atoms with Gasteiger partial charge in [0.2, 0.25) is 5.12 Å². The molecule has 0 spiro atoms. The lowest BCUT2D eigenvalue weighted by Gasteiger charge is -2.21. The number of carbonyl (C=O) groups excluding carboxylic acids is 1. The van der Waals surface area contributed by atoms with Crippen LogP contribution in [0.15, 0.2) is 10.5 Å². The van der Waals surface area contributed by atoms with Crippen LogP contribution in [0.1, 0.15) is 41.5 Å². The Hall–Kier alpha value is -0.240. The van der Waals surface area contributed by atoms with Gasteiger partial charge in [-0.15, -0.1) is 0 Å². The molecule has 2 heteroatoms. The van der Waals surface area contributed by atoms with E-state index in [9.17, 15) is 4.79 Å². The molecule has 0 N–H and O–H groups in total. The number of thioether (sulfide) groups is 1. The summed E-state index contributed by atoms with van der Waals surface area (Å²) in [7, 11) is 0. The second-order valence-electron chi connectivity index (χ2n) is 5.22. The van der Waals surface area contributed by atoms with Gasteiger partial charge in [-0.05, 0) is 36.7 Å². The highest BCUT2D eigenvalue weighted by atomic mass is 32.2. The average Bonchev–Trinajstić information content (AvgIpc) is 2.12.